The number of aromatic nitrogens is 2. The van der Waals surface area contributed by atoms with Crippen LogP contribution >= 0.6 is 11.3 Å². The van der Waals surface area contributed by atoms with Gasteiger partial charge >= 0.3 is 0 Å². The van der Waals surface area contributed by atoms with Gasteiger partial charge in [0.25, 0.3) is 6.01 Å². The van der Waals surface area contributed by atoms with Crippen LogP contribution in [0, 0.1) is 0 Å². The van der Waals surface area contributed by atoms with Crippen molar-refractivity contribution in [2.45, 2.75) is 31.3 Å². The molecule has 6 rings (SSSR count). The highest BCUT2D eigenvalue weighted by Crippen LogP contribution is 2.36. The van der Waals surface area contributed by atoms with Crippen molar-refractivity contribution in [1.29, 1.82) is 0 Å². The number of ketones is 1. The lowest BCUT2D eigenvalue weighted by molar-refractivity contribution is 0.0965. The van der Waals surface area contributed by atoms with Crippen LogP contribution in [0.2, 0.25) is 0 Å². The molecule has 0 saturated carbocycles. The number of piperazine rings is 1. The molecule has 3 saturated heterocycles. The molecule has 3 aliphatic heterocycles. The maximum Gasteiger partial charge on any atom is 0.298 e. The number of carbonyl (C=O) groups excluding carboxylic acids is 1. The molecule has 2 bridgehead atoms. The van der Waals surface area contributed by atoms with Crippen LogP contribution in [0.3, 0.4) is 0 Å². The largest absolute Gasteiger partial charge is 0.423 e. The van der Waals surface area contributed by atoms with E-state index in [0.717, 1.165) is 23.7 Å². The molecular weight excluding hydrogens is 376 g/mol. The average molecular weight is 398 g/mol. The molecule has 8 heteroatoms. The van der Waals surface area contributed by atoms with Crippen LogP contribution in [0.15, 0.2) is 28.1 Å². The number of nitrogens with zero attached hydrogens (tertiary/aromatic N) is 3. The molecule has 7 nitrogen and oxygen atoms in total. The Labute approximate surface area is 166 Å². The molecule has 3 fully saturated rings. The number of nitrogens with one attached hydrogen (secondary N) is 1. The van der Waals surface area contributed by atoms with Crippen molar-refractivity contribution in [3.05, 3.63) is 29.3 Å². The second kappa shape index (κ2) is 7.27. The predicted octanol–water partition coefficient (Wildman–Crippen LogP) is 3.11. The number of Topliss-reactive ketones (excluding diaryl/α,β-unsaturated/α-hetero) is 1. The summed E-state index contributed by atoms with van der Waals surface area (Å²) in [4.78, 5) is 24.2. The van der Waals surface area contributed by atoms with Gasteiger partial charge in [-0.3, -0.25) is 4.79 Å². The van der Waals surface area contributed by atoms with Crippen molar-refractivity contribution in [1.82, 2.24) is 15.3 Å². The summed E-state index contributed by atoms with van der Waals surface area (Å²) in [6, 6.07) is 5.39. The van der Waals surface area contributed by atoms with Crippen LogP contribution < -0.4 is 10.2 Å². The van der Waals surface area contributed by atoms with Gasteiger partial charge in [-0.05, 0) is 25.0 Å². The Kier molecular flexibility index (Phi) is 4.62. The Bertz CT molecular complexity index is 984. The van der Waals surface area contributed by atoms with E-state index in [0.29, 0.717) is 54.2 Å². The zero-order chi connectivity index (χ0) is 19.1. The van der Waals surface area contributed by atoms with Crippen LogP contribution in [-0.2, 0) is 4.74 Å². The highest BCUT2D eigenvalue weighted by Gasteiger charge is 2.38. The quantitative estimate of drug-likeness (QED) is 0.484. The van der Waals surface area contributed by atoms with Gasteiger partial charge in [-0.1, -0.05) is 0 Å². The third-order valence-electron chi connectivity index (χ3n) is 5.44. The fourth-order valence-electron chi connectivity index (χ4n) is 4.06. The van der Waals surface area contributed by atoms with Crippen molar-refractivity contribution in [2.75, 3.05) is 31.7 Å². The molecule has 0 aliphatic carbocycles. The first kappa shape index (κ1) is 17.8. The lowest BCUT2D eigenvalue weighted by Gasteiger charge is -2.47. The fraction of sp³-hybridized carbons (Fsp3) is 0.450. The number of thiazole rings is 1. The van der Waals surface area contributed by atoms with Gasteiger partial charge in [0.1, 0.15) is 10.5 Å². The first-order valence-corrected chi connectivity index (χ1v) is 10.5. The lowest BCUT2D eigenvalue weighted by atomic mass is 9.92. The molecule has 0 spiro atoms. The molecule has 28 heavy (non-hydrogen) atoms. The number of methoxy groups -OCH3 is 1. The number of benzene rings is 1. The molecule has 146 valence electrons. The molecule has 1 aromatic carbocycles. The summed E-state index contributed by atoms with van der Waals surface area (Å²) in [5.41, 5.74) is 2.78. The summed E-state index contributed by atoms with van der Waals surface area (Å²) >= 11 is 1.55. The van der Waals surface area contributed by atoms with Crippen molar-refractivity contribution in [3.8, 4) is 10.6 Å². The number of anilines is 1. The van der Waals surface area contributed by atoms with Gasteiger partial charge in [-0.15, -0.1) is 11.3 Å². The van der Waals surface area contributed by atoms with E-state index in [4.69, 9.17) is 14.1 Å². The second-order valence-electron chi connectivity index (χ2n) is 7.39. The van der Waals surface area contributed by atoms with E-state index in [1.807, 2.05) is 17.5 Å². The Hall–Kier alpha value is -2.29. The fourth-order valence-corrected chi connectivity index (χ4v) is 4.72. The number of carbonyl (C=O) groups is 1. The molecule has 2 unspecified atom stereocenters. The zero-order valence-electron chi connectivity index (χ0n) is 15.7. The minimum atomic E-state index is 0.0655. The summed E-state index contributed by atoms with van der Waals surface area (Å²) < 4.78 is 11.3. The van der Waals surface area contributed by atoms with E-state index in [1.165, 1.54) is 6.42 Å². The van der Waals surface area contributed by atoms with Crippen molar-refractivity contribution >= 4 is 34.2 Å². The molecule has 3 aromatic rings. The maximum absolute atomic E-state index is 12.8. The molecule has 0 radical (unpaired) electrons. The van der Waals surface area contributed by atoms with Crippen LogP contribution in [0.25, 0.3) is 21.7 Å². The summed E-state index contributed by atoms with van der Waals surface area (Å²) in [5.74, 6) is 0.0655. The Morgan fingerprint density at radius 1 is 1.39 bits per heavy atom. The smallest absolute Gasteiger partial charge is 0.298 e. The van der Waals surface area contributed by atoms with E-state index in [2.05, 4.69) is 15.2 Å². The van der Waals surface area contributed by atoms with E-state index in [9.17, 15) is 4.79 Å². The van der Waals surface area contributed by atoms with Crippen LogP contribution in [0.4, 0.5) is 6.01 Å². The number of fused-ring (bicyclic) bond motifs is 3. The van der Waals surface area contributed by atoms with Gasteiger partial charge in [0.05, 0.1) is 5.56 Å². The number of piperidine rings is 1. The highest BCUT2D eigenvalue weighted by molar-refractivity contribution is 7.13. The van der Waals surface area contributed by atoms with Crippen LogP contribution in [-0.4, -0.2) is 54.6 Å². The predicted molar refractivity (Wildman–Crippen MR) is 108 cm³/mol. The molecule has 3 aliphatic rings. The van der Waals surface area contributed by atoms with Crippen molar-refractivity contribution < 1.29 is 13.9 Å². The topological polar surface area (TPSA) is 80.5 Å². The van der Waals surface area contributed by atoms with E-state index >= 15 is 0 Å². The van der Waals surface area contributed by atoms with Gasteiger partial charge in [0.15, 0.2) is 11.4 Å². The van der Waals surface area contributed by atoms with Gasteiger partial charge in [-0.2, -0.15) is 4.98 Å². The lowest BCUT2D eigenvalue weighted by Crippen LogP contribution is -2.67. The Morgan fingerprint density at radius 2 is 2.21 bits per heavy atom. The summed E-state index contributed by atoms with van der Waals surface area (Å²) in [6.45, 7) is 2.33. The highest BCUT2D eigenvalue weighted by atomic mass is 32.1. The maximum atomic E-state index is 12.8. The van der Waals surface area contributed by atoms with Crippen LogP contribution in [0.1, 0.15) is 29.6 Å². The van der Waals surface area contributed by atoms with Crippen molar-refractivity contribution in [3.63, 3.8) is 0 Å². The number of hydrogen-bond acceptors (Lipinski definition) is 8. The van der Waals surface area contributed by atoms with E-state index in [1.54, 1.807) is 24.6 Å². The summed E-state index contributed by atoms with van der Waals surface area (Å²) in [7, 11) is 1.65. The molecule has 5 heterocycles. The number of rotatable bonds is 7. The third kappa shape index (κ3) is 3.11. The molecule has 2 atom stereocenters. The summed E-state index contributed by atoms with van der Waals surface area (Å²) in [6.07, 6.45) is 4.11. The van der Waals surface area contributed by atoms with E-state index in [-0.39, 0.29) is 5.78 Å². The Morgan fingerprint density at radius 3 is 2.93 bits per heavy atom. The monoisotopic (exact) mass is 398 g/mol. The zero-order valence-corrected chi connectivity index (χ0v) is 16.5. The van der Waals surface area contributed by atoms with Crippen LogP contribution in [0.5, 0.6) is 0 Å². The molecule has 0 amide bonds. The van der Waals surface area contributed by atoms with Gasteiger partial charge in [-0.25, -0.2) is 4.98 Å². The third-order valence-corrected chi connectivity index (χ3v) is 6.25. The molecule has 2 aromatic heterocycles. The molecular formula is C20H22N4O3S. The number of hydrogen-bond donors (Lipinski definition) is 1. The average Bonchev–Trinajstić information content (AvgIpc) is 3.37. The van der Waals surface area contributed by atoms with E-state index < -0.39 is 0 Å². The van der Waals surface area contributed by atoms with Gasteiger partial charge in [0.2, 0.25) is 0 Å². The van der Waals surface area contributed by atoms with Gasteiger partial charge in [0, 0.05) is 62.5 Å². The minimum absolute atomic E-state index is 0.0655. The molecule has 1 N–H and O–H groups in total. The normalized spacial score (nSPS) is 21.1. The summed E-state index contributed by atoms with van der Waals surface area (Å²) in [5, 5.41) is 6.33. The number of oxazole rings is 1. The standard InChI is InChI=1S/C20H22N4O3S/c1-26-7-2-3-16(25)14-4-5-15(19-21-6-8-28-19)18-17(14)23-20(27-18)24-10-12-9-13(11-24)22-12/h4-6,8,12-13,22H,2-3,7,9-11H2,1H3. The second-order valence-corrected chi connectivity index (χ2v) is 8.29. The first-order valence-electron chi connectivity index (χ1n) is 9.59. The minimum Gasteiger partial charge on any atom is -0.423 e. The Balaban J connectivity index is 1.55. The first-order chi connectivity index (χ1) is 13.7. The number of ether oxygens (including phenoxy) is 1. The van der Waals surface area contributed by atoms with Gasteiger partial charge < -0.3 is 19.4 Å². The SMILES string of the molecule is COCCCC(=O)c1ccc(-c2nccs2)c2oc(N3CC4CC(C3)N4)nc12. The van der Waals surface area contributed by atoms with Crippen molar-refractivity contribution in [2.24, 2.45) is 0 Å².